The number of halogens is 1. The number of aryl methyl sites for hydroxylation is 3. The number of likely N-dealkylation sites (tertiary alicyclic amines) is 1. The molecule has 19 heteroatoms. The molecule has 2 aliphatic carbocycles. The number of allylic oxidation sites excluding steroid dienone is 2. The molecule has 6 atom stereocenters. The number of carbonyl (C=O) groups is 4. The number of amides is 4. The average molecular weight is 1060 g/mol. The number of thiazole rings is 1. The van der Waals surface area contributed by atoms with E-state index in [-0.39, 0.29) is 55.1 Å². The first-order valence-electron chi connectivity index (χ1n) is 25.0. The lowest BCUT2D eigenvalue weighted by Gasteiger charge is -2.37. The van der Waals surface area contributed by atoms with Crippen LogP contribution in [0.1, 0.15) is 116 Å². The number of fused-ring (bicyclic) bond motifs is 4. The first kappa shape index (κ1) is 51.0. The summed E-state index contributed by atoms with van der Waals surface area (Å²) < 4.78 is 14.6. The van der Waals surface area contributed by atoms with E-state index in [1.165, 1.54) is 9.78 Å². The molecule has 3 aromatic heterocycles. The highest BCUT2D eigenvalue weighted by Crippen LogP contribution is 2.41. The van der Waals surface area contributed by atoms with Gasteiger partial charge in [-0.25, -0.2) is 4.98 Å². The summed E-state index contributed by atoms with van der Waals surface area (Å²) in [7, 11) is 0. The number of β-amino-alcohol motifs (C(OH)–C–C–N with tert-alkyl or cyclic N) is 1. The van der Waals surface area contributed by atoms with E-state index >= 15 is 0 Å². The largest absolute Gasteiger partial charge is 0.494 e. The van der Waals surface area contributed by atoms with Gasteiger partial charge in [-0.2, -0.15) is 0 Å². The maximum atomic E-state index is 14.4. The van der Waals surface area contributed by atoms with Crippen molar-refractivity contribution >= 4 is 63.6 Å². The highest BCUT2D eigenvalue weighted by Gasteiger charge is 2.46. The molecular formula is C55H60ClN9O7S2. The first-order valence-corrected chi connectivity index (χ1v) is 27.1. The van der Waals surface area contributed by atoms with Gasteiger partial charge in [0.25, 0.3) is 5.91 Å². The van der Waals surface area contributed by atoms with Crippen molar-refractivity contribution < 1.29 is 33.8 Å². The van der Waals surface area contributed by atoms with Gasteiger partial charge in [0.15, 0.2) is 11.6 Å². The van der Waals surface area contributed by atoms with Crippen LogP contribution in [0.3, 0.4) is 0 Å². The average Bonchev–Trinajstić information content (AvgIpc) is 4.19. The Hall–Kier alpha value is -6.47. The smallest absolute Gasteiger partial charge is 0.287 e. The van der Waals surface area contributed by atoms with Crippen LogP contribution in [0.15, 0.2) is 94.4 Å². The van der Waals surface area contributed by atoms with E-state index in [9.17, 15) is 24.3 Å². The number of nitrogens with zero attached hydrogens (tertiary/aromatic N) is 6. The topological polar surface area (TPSA) is 202 Å². The summed E-state index contributed by atoms with van der Waals surface area (Å²) >= 11 is 9.51. The zero-order valence-electron chi connectivity index (χ0n) is 42.6. The minimum atomic E-state index is -1.04. The first-order chi connectivity index (χ1) is 35.3. The maximum absolute atomic E-state index is 14.4. The molecule has 1 saturated heterocycles. The number of carbonyl (C=O) groups excluding carboxylic acids is 4. The molecule has 4 N–H and O–H groups in total. The predicted octanol–water partition coefficient (Wildman–Crippen LogP) is 8.15. The third-order valence-corrected chi connectivity index (χ3v) is 17.0. The van der Waals surface area contributed by atoms with Crippen molar-refractivity contribution in [1.82, 2.24) is 40.6 Å². The van der Waals surface area contributed by atoms with Crippen molar-refractivity contribution in [2.75, 3.05) is 6.54 Å². The molecule has 1 saturated carbocycles. The van der Waals surface area contributed by atoms with Gasteiger partial charge in [0.1, 0.15) is 46.9 Å². The van der Waals surface area contributed by atoms with Gasteiger partial charge in [-0.1, -0.05) is 74.8 Å². The van der Waals surface area contributed by atoms with E-state index in [4.69, 9.17) is 26.1 Å². The molecule has 5 aliphatic rings. The number of hydrogen-bond donors (Lipinski definition) is 4. The molecule has 0 bridgehead atoms. The van der Waals surface area contributed by atoms with Gasteiger partial charge >= 0.3 is 0 Å². The Morgan fingerprint density at radius 2 is 1.69 bits per heavy atom. The van der Waals surface area contributed by atoms with E-state index in [0.717, 1.165) is 60.5 Å². The van der Waals surface area contributed by atoms with Crippen LogP contribution >= 0.6 is 34.3 Å². The van der Waals surface area contributed by atoms with E-state index < -0.39 is 47.6 Å². The van der Waals surface area contributed by atoms with Crippen LogP contribution in [0, 0.1) is 33.1 Å². The van der Waals surface area contributed by atoms with Crippen LogP contribution in [-0.2, 0) is 28.7 Å². The van der Waals surface area contributed by atoms with Crippen molar-refractivity contribution in [2.24, 2.45) is 10.4 Å². The van der Waals surface area contributed by atoms with Crippen LogP contribution in [0.25, 0.3) is 15.4 Å². The number of aliphatic hydroxyl groups excluding tert-OH is 1. The monoisotopic (exact) mass is 1060 g/mol. The third-order valence-electron chi connectivity index (χ3n) is 14.6. The number of aliphatic imine (C=N–C) groups is 1. The van der Waals surface area contributed by atoms with Gasteiger partial charge in [-0.3, -0.25) is 28.7 Å². The van der Waals surface area contributed by atoms with Crippen molar-refractivity contribution in [2.45, 2.75) is 136 Å². The molecule has 2 aromatic carbocycles. The zero-order chi connectivity index (χ0) is 52.3. The van der Waals surface area contributed by atoms with Crippen LogP contribution in [-0.4, -0.2) is 102 Å². The Labute approximate surface area is 443 Å². The van der Waals surface area contributed by atoms with Gasteiger partial charge in [-0.15, -0.1) is 32.9 Å². The fourth-order valence-electron chi connectivity index (χ4n) is 10.3. The minimum absolute atomic E-state index is 0.0452. The lowest BCUT2D eigenvalue weighted by Crippen LogP contribution is -2.58. The van der Waals surface area contributed by atoms with E-state index in [1.807, 2.05) is 112 Å². The summed E-state index contributed by atoms with van der Waals surface area (Å²) in [5.41, 5.74) is 8.55. The molecular weight excluding hydrogens is 998 g/mol. The Kier molecular flexibility index (Phi) is 14.0. The molecule has 74 heavy (non-hydrogen) atoms. The normalized spacial score (nSPS) is 22.8. The van der Waals surface area contributed by atoms with Crippen LogP contribution in [0.4, 0.5) is 0 Å². The molecule has 0 radical (unpaired) electrons. The highest BCUT2D eigenvalue weighted by atomic mass is 35.5. The number of ether oxygens (including phenoxy) is 2. The molecule has 5 aromatic rings. The molecule has 16 nitrogen and oxygen atoms in total. The highest BCUT2D eigenvalue weighted by molar-refractivity contribution is 7.15. The predicted molar refractivity (Wildman–Crippen MR) is 284 cm³/mol. The van der Waals surface area contributed by atoms with Crippen LogP contribution in [0.5, 0.6) is 0 Å². The Bertz CT molecular complexity index is 3160. The summed E-state index contributed by atoms with van der Waals surface area (Å²) in [5, 5.41) is 30.5. The van der Waals surface area contributed by atoms with E-state index in [1.54, 1.807) is 28.7 Å². The fourth-order valence-corrected chi connectivity index (χ4v) is 12.4. The van der Waals surface area contributed by atoms with Gasteiger partial charge in [0, 0.05) is 59.3 Å². The summed E-state index contributed by atoms with van der Waals surface area (Å²) in [6.45, 7) is 15.4. The number of nitrogens with one attached hydrogen (secondary N) is 3. The lowest BCUT2D eigenvalue weighted by molar-refractivity contribution is -0.144. The van der Waals surface area contributed by atoms with Crippen molar-refractivity contribution in [3.63, 3.8) is 0 Å². The van der Waals surface area contributed by atoms with E-state index in [0.29, 0.717) is 35.9 Å². The van der Waals surface area contributed by atoms with Crippen LogP contribution < -0.4 is 16.0 Å². The van der Waals surface area contributed by atoms with Crippen molar-refractivity contribution in [3.05, 3.63) is 139 Å². The van der Waals surface area contributed by atoms with Gasteiger partial charge in [0.2, 0.25) is 17.7 Å². The van der Waals surface area contributed by atoms with Gasteiger partial charge in [-0.05, 0) is 86.6 Å². The quantitative estimate of drug-likeness (QED) is 0.0892. The second-order valence-electron chi connectivity index (χ2n) is 21.0. The third kappa shape index (κ3) is 10.2. The second kappa shape index (κ2) is 20.3. The number of aliphatic hydroxyl groups is 1. The Morgan fingerprint density at radius 3 is 2.39 bits per heavy atom. The lowest BCUT2D eigenvalue weighted by atomic mass is 9.85. The molecule has 386 valence electrons. The Balaban J connectivity index is 0.727. The van der Waals surface area contributed by atoms with Gasteiger partial charge < -0.3 is 35.4 Å². The molecule has 4 amide bonds. The maximum Gasteiger partial charge on any atom is 0.287 e. The number of aromatic nitrogens is 4. The molecule has 2 fully saturated rings. The fraction of sp³-hybridized carbons (Fsp3) is 0.418. The molecule has 1 unspecified atom stereocenters. The SMILES string of the molecule is Cc1ncsc1-c1ccc([C@H](C)NC(=O)[C@@H]2C[C@@H](O)CN2C(=O)[C@@H](NC(=O)C2=CC3=CC=C(OC4CC(NC(=O)C[C@@H]5N=C(c6ccc(Cl)cc6)c6c(sc(C)c6C)-n6c(C)nnc65)C4)CC3O2)C(C)(C)C)cc1. The number of hydrogen-bond acceptors (Lipinski definition) is 13. The Morgan fingerprint density at radius 1 is 0.959 bits per heavy atom. The van der Waals surface area contributed by atoms with Crippen LogP contribution in [0.2, 0.25) is 5.02 Å². The number of rotatable bonds is 13. The van der Waals surface area contributed by atoms with Crippen molar-refractivity contribution in [1.29, 1.82) is 0 Å². The minimum Gasteiger partial charge on any atom is -0.494 e. The second-order valence-corrected chi connectivity index (χ2v) is 23.5. The van der Waals surface area contributed by atoms with Crippen molar-refractivity contribution in [3.8, 4) is 15.4 Å². The zero-order valence-corrected chi connectivity index (χ0v) is 45.0. The van der Waals surface area contributed by atoms with E-state index in [2.05, 4.69) is 45.0 Å². The standard InChI is InChI=1S/C55H60ClN9O7S2/c1-27-30(4)74-54-46(27)47(33-13-16-36(56)17-14-33)60-41(50-63-62-31(5)65(50)54)24-45(67)59-37-20-40(21-37)71-39-18-15-35-19-44(72-43(35)23-39)52(69)61-49(55(6,7)8)53(70)64-25-38(66)22-42(64)51(68)58-28(2)32-9-11-34(12-10-32)48-29(3)57-26-73-48/h9-19,26,28,37-38,40-43,49,66H,20-25H2,1-8H3,(H,58,68)(H,59,67)(H,61,69)/t28-,37?,38+,40?,41-,42-,43?,49+/m0/s1. The van der Waals surface area contributed by atoms with Gasteiger partial charge in [0.05, 0.1) is 40.4 Å². The molecule has 0 spiro atoms. The summed E-state index contributed by atoms with van der Waals surface area (Å²) in [6.07, 6.45) is 5.71. The summed E-state index contributed by atoms with van der Waals surface area (Å²) in [6, 6.07) is 12.5. The molecule has 10 rings (SSSR count). The molecule has 6 heterocycles. The number of benzene rings is 2. The summed E-state index contributed by atoms with van der Waals surface area (Å²) in [4.78, 5) is 69.1. The number of thiophene rings is 1. The summed E-state index contributed by atoms with van der Waals surface area (Å²) in [5.74, 6) is 0.554. The molecule has 3 aliphatic heterocycles.